The van der Waals surface area contributed by atoms with Crippen LogP contribution in [0.15, 0.2) is 48.5 Å². The second-order valence-corrected chi connectivity index (χ2v) is 7.09. The van der Waals surface area contributed by atoms with Crippen molar-refractivity contribution in [3.8, 4) is 0 Å². The Morgan fingerprint density at radius 3 is 2.46 bits per heavy atom. The van der Waals surface area contributed by atoms with E-state index in [0.29, 0.717) is 0 Å². The Hall–Kier alpha value is -2.62. The van der Waals surface area contributed by atoms with Crippen LogP contribution in [-0.4, -0.2) is 10.9 Å². The predicted octanol–water partition coefficient (Wildman–Crippen LogP) is 4.79. The number of aromatic amines is 1. The average molecular weight is 324 g/mol. The molecule has 1 heterocycles. The summed E-state index contributed by atoms with van der Waals surface area (Å²) in [6.07, 6.45) is 0.221. The number of aromatic nitrogens is 1. The Bertz CT molecular complexity index is 873. The van der Waals surface area contributed by atoms with Gasteiger partial charge in [0.15, 0.2) is 0 Å². The molecule has 3 rings (SSSR count). The van der Waals surface area contributed by atoms with Crippen LogP contribution in [0.5, 0.6) is 0 Å². The number of carbonyl (C=O) groups excluding carboxylic acids is 1. The summed E-state index contributed by atoms with van der Waals surface area (Å²) in [6, 6.07) is 13.9. The molecular formula is C20H21FN2O. The summed E-state index contributed by atoms with van der Waals surface area (Å²) >= 11 is 0. The molecule has 0 aliphatic heterocycles. The minimum absolute atomic E-state index is 0.0466. The topological polar surface area (TPSA) is 44.9 Å². The largest absolute Gasteiger partial charge is 0.358 e. The summed E-state index contributed by atoms with van der Waals surface area (Å²) in [7, 11) is 0. The fraction of sp³-hybridized carbons (Fsp3) is 0.250. The quantitative estimate of drug-likeness (QED) is 0.715. The standard InChI is InChI=1S/C20H21FN2O/c1-20(2,3)18-12-14-11-16(8-9-17(14)23-18)22-19(24)10-13-4-6-15(21)7-5-13/h4-9,11-12,23H,10H2,1-3H3,(H,22,24). The molecule has 2 N–H and O–H groups in total. The van der Waals surface area contributed by atoms with E-state index in [0.717, 1.165) is 27.8 Å². The fourth-order valence-corrected chi connectivity index (χ4v) is 2.61. The summed E-state index contributed by atoms with van der Waals surface area (Å²) in [5.74, 6) is -0.417. The average Bonchev–Trinajstić information content (AvgIpc) is 2.93. The molecule has 0 unspecified atom stereocenters. The van der Waals surface area contributed by atoms with Gasteiger partial charge in [-0.3, -0.25) is 4.79 Å². The number of rotatable bonds is 3. The Kier molecular flexibility index (Phi) is 4.14. The maximum Gasteiger partial charge on any atom is 0.228 e. The lowest BCUT2D eigenvalue weighted by molar-refractivity contribution is -0.115. The molecule has 1 aromatic heterocycles. The van der Waals surface area contributed by atoms with Crippen LogP contribution < -0.4 is 5.32 Å². The number of H-pyrrole nitrogens is 1. The van der Waals surface area contributed by atoms with Gasteiger partial charge in [0.1, 0.15) is 5.82 Å². The summed E-state index contributed by atoms with van der Waals surface area (Å²) in [4.78, 5) is 15.6. The van der Waals surface area contributed by atoms with Gasteiger partial charge in [0.05, 0.1) is 6.42 Å². The van der Waals surface area contributed by atoms with Crippen molar-refractivity contribution in [2.24, 2.45) is 0 Å². The highest BCUT2D eigenvalue weighted by atomic mass is 19.1. The molecule has 0 atom stereocenters. The van der Waals surface area contributed by atoms with Gasteiger partial charge in [0.2, 0.25) is 5.91 Å². The van der Waals surface area contributed by atoms with Gasteiger partial charge in [-0.15, -0.1) is 0 Å². The van der Waals surface area contributed by atoms with Gasteiger partial charge in [-0.05, 0) is 42.0 Å². The van der Waals surface area contributed by atoms with Gasteiger partial charge < -0.3 is 10.3 Å². The minimum atomic E-state index is -0.299. The molecule has 24 heavy (non-hydrogen) atoms. The first kappa shape index (κ1) is 16.2. The van der Waals surface area contributed by atoms with Gasteiger partial charge in [0, 0.05) is 27.7 Å². The minimum Gasteiger partial charge on any atom is -0.358 e. The van der Waals surface area contributed by atoms with E-state index in [2.05, 4.69) is 37.1 Å². The first-order valence-electron chi connectivity index (χ1n) is 7.99. The number of carbonyl (C=O) groups is 1. The number of hydrogen-bond acceptors (Lipinski definition) is 1. The number of hydrogen-bond donors (Lipinski definition) is 2. The summed E-state index contributed by atoms with van der Waals surface area (Å²) in [5.41, 5.74) is 3.80. The second kappa shape index (κ2) is 6.11. The third-order valence-electron chi connectivity index (χ3n) is 3.99. The number of benzene rings is 2. The molecule has 2 aromatic carbocycles. The van der Waals surface area contributed by atoms with Crippen LogP contribution in [0.4, 0.5) is 10.1 Å². The highest BCUT2D eigenvalue weighted by Gasteiger charge is 2.16. The number of nitrogens with one attached hydrogen (secondary N) is 2. The van der Waals surface area contributed by atoms with Crippen LogP contribution >= 0.6 is 0 Å². The third-order valence-corrected chi connectivity index (χ3v) is 3.99. The molecule has 1 amide bonds. The second-order valence-electron chi connectivity index (χ2n) is 7.09. The SMILES string of the molecule is CC(C)(C)c1cc2cc(NC(=O)Cc3ccc(F)cc3)ccc2[nH]1. The van der Waals surface area contributed by atoms with E-state index in [1.807, 2.05) is 18.2 Å². The van der Waals surface area contributed by atoms with Crippen LogP contribution in [0, 0.1) is 5.82 Å². The first-order valence-corrected chi connectivity index (χ1v) is 7.99. The highest BCUT2D eigenvalue weighted by molar-refractivity contribution is 5.95. The number of anilines is 1. The molecule has 124 valence electrons. The molecule has 3 nitrogen and oxygen atoms in total. The van der Waals surface area contributed by atoms with Gasteiger partial charge in [-0.2, -0.15) is 0 Å². The molecule has 0 fully saturated rings. The van der Waals surface area contributed by atoms with Gasteiger partial charge in [-0.1, -0.05) is 32.9 Å². The van der Waals surface area contributed by atoms with Crippen LogP contribution in [0.3, 0.4) is 0 Å². The molecule has 3 aromatic rings. The van der Waals surface area contributed by atoms with E-state index in [1.165, 1.54) is 12.1 Å². The molecule has 0 aliphatic carbocycles. The molecule has 0 radical (unpaired) electrons. The summed E-state index contributed by atoms with van der Waals surface area (Å²) in [5, 5.41) is 3.97. The third kappa shape index (κ3) is 3.65. The van der Waals surface area contributed by atoms with Crippen molar-refractivity contribution in [3.63, 3.8) is 0 Å². The first-order chi connectivity index (χ1) is 11.3. The molecule has 0 saturated carbocycles. The Balaban J connectivity index is 1.74. The lowest BCUT2D eigenvalue weighted by atomic mass is 9.92. The molecule has 4 heteroatoms. The highest BCUT2D eigenvalue weighted by Crippen LogP contribution is 2.27. The maximum absolute atomic E-state index is 12.9. The van der Waals surface area contributed by atoms with Gasteiger partial charge >= 0.3 is 0 Å². The lowest BCUT2D eigenvalue weighted by Gasteiger charge is -2.15. The smallest absolute Gasteiger partial charge is 0.228 e. The van der Waals surface area contributed by atoms with Crippen molar-refractivity contribution in [1.82, 2.24) is 4.98 Å². The van der Waals surface area contributed by atoms with Crippen molar-refractivity contribution >= 4 is 22.5 Å². The van der Waals surface area contributed by atoms with Crippen LogP contribution in [0.2, 0.25) is 0 Å². The van der Waals surface area contributed by atoms with Crippen molar-refractivity contribution in [1.29, 1.82) is 0 Å². The normalized spacial score (nSPS) is 11.7. The van der Waals surface area contributed by atoms with E-state index in [4.69, 9.17) is 0 Å². The lowest BCUT2D eigenvalue weighted by Crippen LogP contribution is -2.14. The molecular weight excluding hydrogens is 303 g/mol. The van der Waals surface area contributed by atoms with Crippen LogP contribution in [0.1, 0.15) is 32.0 Å². The Morgan fingerprint density at radius 1 is 1.08 bits per heavy atom. The zero-order chi connectivity index (χ0) is 17.3. The Morgan fingerprint density at radius 2 is 1.79 bits per heavy atom. The van der Waals surface area contributed by atoms with E-state index >= 15 is 0 Å². The molecule has 0 saturated heterocycles. The van der Waals surface area contributed by atoms with Gasteiger partial charge in [0.25, 0.3) is 0 Å². The maximum atomic E-state index is 12.9. The predicted molar refractivity (Wildman–Crippen MR) is 95.7 cm³/mol. The van der Waals surface area contributed by atoms with E-state index < -0.39 is 0 Å². The van der Waals surface area contributed by atoms with Crippen LogP contribution in [0.25, 0.3) is 10.9 Å². The van der Waals surface area contributed by atoms with Crippen LogP contribution in [-0.2, 0) is 16.6 Å². The molecule has 0 aliphatic rings. The van der Waals surface area contributed by atoms with E-state index in [9.17, 15) is 9.18 Å². The van der Waals surface area contributed by atoms with Crippen molar-refractivity contribution < 1.29 is 9.18 Å². The molecule has 0 bridgehead atoms. The number of halogens is 1. The van der Waals surface area contributed by atoms with Gasteiger partial charge in [-0.25, -0.2) is 4.39 Å². The zero-order valence-corrected chi connectivity index (χ0v) is 14.1. The van der Waals surface area contributed by atoms with Crippen molar-refractivity contribution in [2.75, 3.05) is 5.32 Å². The monoisotopic (exact) mass is 324 g/mol. The fourth-order valence-electron chi connectivity index (χ4n) is 2.61. The van der Waals surface area contributed by atoms with Crippen molar-refractivity contribution in [2.45, 2.75) is 32.6 Å². The zero-order valence-electron chi connectivity index (χ0n) is 14.1. The number of amides is 1. The Labute approximate surface area is 140 Å². The summed E-state index contributed by atoms with van der Waals surface area (Å²) < 4.78 is 12.9. The van der Waals surface area contributed by atoms with Crippen molar-refractivity contribution in [3.05, 3.63) is 65.6 Å². The molecule has 0 spiro atoms. The summed E-state index contributed by atoms with van der Waals surface area (Å²) in [6.45, 7) is 6.47. The number of fused-ring (bicyclic) bond motifs is 1. The van der Waals surface area contributed by atoms with E-state index in [1.54, 1.807) is 12.1 Å². The van der Waals surface area contributed by atoms with E-state index in [-0.39, 0.29) is 23.6 Å².